The molecule has 1 unspecified atom stereocenters. The monoisotopic (exact) mass is 388 g/mol. The fraction of sp³-hybridized carbons (Fsp3) is 0.333. The zero-order valence-corrected chi connectivity index (χ0v) is 12.5. The predicted molar refractivity (Wildman–Crippen MR) is 80.9 cm³/mol. The minimum Gasteiger partial charge on any atom is -0.392 e. The number of aliphatic hydroxyl groups is 3. The lowest BCUT2D eigenvalue weighted by Crippen LogP contribution is -2.30. The number of aromatic nitrogens is 3. The van der Waals surface area contributed by atoms with Crippen molar-refractivity contribution < 1.29 is 15.3 Å². The molecule has 3 rings (SSSR count). The van der Waals surface area contributed by atoms with Crippen LogP contribution in [0.3, 0.4) is 0 Å². The van der Waals surface area contributed by atoms with Gasteiger partial charge in [-0.25, -0.2) is 9.97 Å². The molecule has 3 atom stereocenters. The summed E-state index contributed by atoms with van der Waals surface area (Å²) in [5.74, 6) is 0.373. The van der Waals surface area contributed by atoms with Gasteiger partial charge in [-0.3, -0.25) is 0 Å². The Morgan fingerprint density at radius 2 is 2.10 bits per heavy atom. The number of rotatable bonds is 2. The Labute approximate surface area is 127 Å². The van der Waals surface area contributed by atoms with Crippen molar-refractivity contribution >= 4 is 39.4 Å². The lowest BCUT2D eigenvalue weighted by molar-refractivity contribution is 0.0288. The molecule has 0 aromatic carbocycles. The van der Waals surface area contributed by atoms with Crippen molar-refractivity contribution in [3.05, 3.63) is 27.7 Å². The van der Waals surface area contributed by atoms with Crippen LogP contribution >= 0.6 is 22.6 Å². The van der Waals surface area contributed by atoms with Crippen molar-refractivity contribution in [3.8, 4) is 0 Å². The van der Waals surface area contributed by atoms with Gasteiger partial charge in [-0.15, -0.1) is 0 Å². The zero-order valence-electron chi connectivity index (χ0n) is 10.3. The van der Waals surface area contributed by atoms with E-state index in [1.165, 1.54) is 6.33 Å². The number of nitrogens with zero attached hydrogens (tertiary/aromatic N) is 3. The highest BCUT2D eigenvalue weighted by molar-refractivity contribution is 14.1. The van der Waals surface area contributed by atoms with Gasteiger partial charge in [0.2, 0.25) is 0 Å². The Morgan fingerprint density at radius 3 is 2.75 bits per heavy atom. The fourth-order valence-corrected chi connectivity index (χ4v) is 3.32. The van der Waals surface area contributed by atoms with Gasteiger partial charge in [0.1, 0.15) is 30.0 Å². The second-order valence-corrected chi connectivity index (χ2v) is 5.83. The maximum absolute atomic E-state index is 10.1. The minimum atomic E-state index is -1.07. The minimum absolute atomic E-state index is 0.290. The summed E-state index contributed by atoms with van der Waals surface area (Å²) in [6, 6.07) is -0.493. The maximum atomic E-state index is 10.1. The van der Waals surface area contributed by atoms with E-state index in [1.54, 1.807) is 16.8 Å². The number of hydrogen-bond donors (Lipinski definition) is 4. The number of nitrogen functional groups attached to an aromatic ring is 1. The topological polar surface area (TPSA) is 117 Å². The van der Waals surface area contributed by atoms with E-state index >= 15 is 0 Å². The van der Waals surface area contributed by atoms with Crippen LogP contribution in [0.1, 0.15) is 6.04 Å². The van der Waals surface area contributed by atoms with Gasteiger partial charge < -0.3 is 25.6 Å². The second kappa shape index (κ2) is 4.95. The largest absolute Gasteiger partial charge is 0.392 e. The van der Waals surface area contributed by atoms with Crippen LogP contribution in [0.4, 0.5) is 5.82 Å². The van der Waals surface area contributed by atoms with Crippen LogP contribution in [-0.4, -0.2) is 48.7 Å². The van der Waals surface area contributed by atoms with Crippen molar-refractivity contribution in [2.24, 2.45) is 0 Å². The highest BCUT2D eigenvalue weighted by Gasteiger charge is 2.36. The van der Waals surface area contributed by atoms with E-state index in [2.05, 4.69) is 32.6 Å². The molecular formula is C12H13IN4O3. The van der Waals surface area contributed by atoms with E-state index < -0.39 is 18.2 Å². The van der Waals surface area contributed by atoms with E-state index in [-0.39, 0.29) is 6.61 Å². The van der Waals surface area contributed by atoms with Crippen molar-refractivity contribution in [1.82, 2.24) is 14.5 Å². The number of aliphatic hydroxyl groups excluding tert-OH is 3. The van der Waals surface area contributed by atoms with Gasteiger partial charge in [0.15, 0.2) is 0 Å². The summed E-state index contributed by atoms with van der Waals surface area (Å²) in [6.45, 7) is -0.290. The third-order valence-electron chi connectivity index (χ3n) is 3.53. The van der Waals surface area contributed by atoms with Crippen molar-refractivity contribution in [1.29, 1.82) is 0 Å². The van der Waals surface area contributed by atoms with E-state index in [9.17, 15) is 15.3 Å². The highest BCUT2D eigenvalue weighted by atomic mass is 127. The Balaban J connectivity index is 2.17. The van der Waals surface area contributed by atoms with E-state index in [0.717, 1.165) is 8.96 Å². The van der Waals surface area contributed by atoms with Gasteiger partial charge in [0, 0.05) is 9.77 Å². The molecule has 0 fully saturated rings. The number of nitrogens with two attached hydrogens (primary N) is 1. The first kappa shape index (κ1) is 13.7. The van der Waals surface area contributed by atoms with E-state index in [1.807, 2.05) is 0 Å². The standard InChI is InChI=1S/C12H13IN4O3/c13-6-2-17(12-8(6)11(14)15-4-16-12)7-1-5(3-18)9(19)10(7)20/h1-2,4,7,9-10,18-20H,3H2,(H2,14,15,16)/t7?,9-,10+/m0/s1. The average Bonchev–Trinajstić information content (AvgIpc) is 2.90. The van der Waals surface area contributed by atoms with Gasteiger partial charge in [-0.1, -0.05) is 6.08 Å². The molecule has 5 N–H and O–H groups in total. The summed E-state index contributed by atoms with van der Waals surface area (Å²) >= 11 is 2.12. The Hall–Kier alpha value is -1.23. The summed E-state index contributed by atoms with van der Waals surface area (Å²) in [4.78, 5) is 8.15. The molecule has 8 heteroatoms. The van der Waals surface area contributed by atoms with Crippen LogP contribution in [0.2, 0.25) is 0 Å². The van der Waals surface area contributed by atoms with Crippen molar-refractivity contribution in [2.45, 2.75) is 18.2 Å². The first-order valence-electron chi connectivity index (χ1n) is 5.98. The molecule has 7 nitrogen and oxygen atoms in total. The first-order valence-corrected chi connectivity index (χ1v) is 7.06. The smallest absolute Gasteiger partial charge is 0.147 e. The molecular weight excluding hydrogens is 375 g/mol. The van der Waals surface area contributed by atoms with Crippen LogP contribution in [-0.2, 0) is 0 Å². The molecule has 0 saturated carbocycles. The molecule has 20 heavy (non-hydrogen) atoms. The number of fused-ring (bicyclic) bond motifs is 1. The summed E-state index contributed by atoms with van der Waals surface area (Å²) in [6.07, 6.45) is 2.72. The molecule has 106 valence electrons. The van der Waals surface area contributed by atoms with Gasteiger partial charge in [0.25, 0.3) is 0 Å². The lowest BCUT2D eigenvalue weighted by Gasteiger charge is -2.19. The Bertz CT molecular complexity index is 699. The molecule has 0 spiro atoms. The van der Waals surface area contributed by atoms with Crippen LogP contribution < -0.4 is 5.73 Å². The Morgan fingerprint density at radius 1 is 1.35 bits per heavy atom. The van der Waals surface area contributed by atoms with Gasteiger partial charge in [-0.05, 0) is 28.2 Å². The zero-order chi connectivity index (χ0) is 14.4. The first-order chi connectivity index (χ1) is 9.54. The summed E-state index contributed by atoms with van der Waals surface area (Å²) in [5.41, 5.74) is 6.84. The highest BCUT2D eigenvalue weighted by Crippen LogP contribution is 2.34. The third-order valence-corrected chi connectivity index (χ3v) is 4.35. The number of anilines is 1. The molecule has 0 saturated heterocycles. The molecule has 0 aliphatic heterocycles. The van der Waals surface area contributed by atoms with E-state index in [4.69, 9.17) is 5.73 Å². The normalized spacial score (nSPS) is 26.2. The van der Waals surface area contributed by atoms with Crippen LogP contribution in [0.25, 0.3) is 11.0 Å². The Kier molecular flexibility index (Phi) is 3.40. The lowest BCUT2D eigenvalue weighted by atomic mass is 10.1. The summed E-state index contributed by atoms with van der Waals surface area (Å²) in [5, 5.41) is 29.9. The molecule has 2 aromatic heterocycles. The summed E-state index contributed by atoms with van der Waals surface area (Å²) < 4.78 is 2.61. The molecule has 2 heterocycles. The fourth-order valence-electron chi connectivity index (χ4n) is 2.50. The number of halogens is 1. The molecule has 1 aliphatic carbocycles. The molecule has 0 radical (unpaired) electrons. The molecule has 0 bridgehead atoms. The average molecular weight is 388 g/mol. The number of hydrogen-bond acceptors (Lipinski definition) is 6. The van der Waals surface area contributed by atoms with Crippen LogP contribution in [0, 0.1) is 3.57 Å². The molecule has 2 aromatic rings. The van der Waals surface area contributed by atoms with Gasteiger partial charge in [-0.2, -0.15) is 0 Å². The second-order valence-electron chi connectivity index (χ2n) is 4.67. The quantitative estimate of drug-likeness (QED) is 0.419. The van der Waals surface area contributed by atoms with Crippen LogP contribution in [0.5, 0.6) is 0 Å². The van der Waals surface area contributed by atoms with Gasteiger partial charge >= 0.3 is 0 Å². The molecule has 0 amide bonds. The summed E-state index contributed by atoms with van der Waals surface area (Å²) in [7, 11) is 0. The van der Waals surface area contributed by atoms with Gasteiger partial charge in [0.05, 0.1) is 18.0 Å². The van der Waals surface area contributed by atoms with Crippen molar-refractivity contribution in [2.75, 3.05) is 12.3 Å². The third kappa shape index (κ3) is 1.91. The maximum Gasteiger partial charge on any atom is 0.147 e. The molecule has 1 aliphatic rings. The van der Waals surface area contributed by atoms with Crippen molar-refractivity contribution in [3.63, 3.8) is 0 Å². The SMILES string of the molecule is Nc1ncnc2c1c(I)cn2C1C=C(CO)[C@H](O)[C@@H]1O. The predicted octanol–water partition coefficient (Wildman–Crippen LogP) is -0.187. The van der Waals surface area contributed by atoms with Crippen LogP contribution in [0.15, 0.2) is 24.2 Å². The van der Waals surface area contributed by atoms with E-state index in [0.29, 0.717) is 17.0 Å².